The minimum Gasteiger partial charge on any atom is -0.309 e. The first kappa shape index (κ1) is 38.0. The maximum absolute atomic E-state index is 5.29. The molecule has 2 aromatic heterocycles. The summed E-state index contributed by atoms with van der Waals surface area (Å²) in [6.07, 6.45) is 0. The van der Waals surface area contributed by atoms with Gasteiger partial charge in [0.1, 0.15) is 0 Å². The molecule has 0 bridgehead atoms. The standard InChI is InChI=1S/C61H40N4/c1-3-17-41(18-4-1)42-31-37-46(38-32-42)59-62-60(54-27-10-7-21-47(54)43-19-5-2-6-20-43)64-61(63-59)55-40-39-48(50-23-8-9-24-51(50)55)44-33-35-45(36-34-44)49-22-11-14-28-56(49)65-57-29-15-12-25-52(57)53-26-13-16-30-58(53)65/h1-40H. The van der Waals surface area contributed by atoms with E-state index in [9.17, 15) is 0 Å². The Morgan fingerprint density at radius 2 is 0.600 bits per heavy atom. The van der Waals surface area contributed by atoms with E-state index in [1.165, 1.54) is 32.9 Å². The molecule has 0 atom stereocenters. The average Bonchev–Trinajstić information content (AvgIpc) is 3.73. The lowest BCUT2D eigenvalue weighted by Gasteiger charge is -2.16. The van der Waals surface area contributed by atoms with Crippen molar-refractivity contribution in [3.63, 3.8) is 0 Å². The Balaban J connectivity index is 0.963. The molecule has 2 heterocycles. The van der Waals surface area contributed by atoms with E-state index in [0.29, 0.717) is 17.5 Å². The molecule has 0 aliphatic carbocycles. The van der Waals surface area contributed by atoms with Gasteiger partial charge in [-0.05, 0) is 74.0 Å². The molecule has 0 spiro atoms. The second kappa shape index (κ2) is 16.2. The van der Waals surface area contributed by atoms with E-state index in [2.05, 4.69) is 235 Å². The topological polar surface area (TPSA) is 43.6 Å². The van der Waals surface area contributed by atoms with Crippen molar-refractivity contribution < 1.29 is 0 Å². The van der Waals surface area contributed by atoms with Crippen molar-refractivity contribution in [2.75, 3.05) is 0 Å². The first-order valence-electron chi connectivity index (χ1n) is 22.0. The molecule has 4 heteroatoms. The van der Waals surface area contributed by atoms with Gasteiger partial charge >= 0.3 is 0 Å². The van der Waals surface area contributed by atoms with Crippen LogP contribution in [0.1, 0.15) is 0 Å². The minimum atomic E-state index is 0.623. The van der Waals surface area contributed by atoms with Gasteiger partial charge in [0.25, 0.3) is 0 Å². The largest absolute Gasteiger partial charge is 0.309 e. The van der Waals surface area contributed by atoms with Gasteiger partial charge in [0.15, 0.2) is 17.5 Å². The van der Waals surface area contributed by atoms with Crippen molar-refractivity contribution in [2.24, 2.45) is 0 Å². The van der Waals surface area contributed by atoms with E-state index < -0.39 is 0 Å². The predicted molar refractivity (Wildman–Crippen MR) is 270 cm³/mol. The first-order chi connectivity index (χ1) is 32.2. The molecule has 0 N–H and O–H groups in total. The summed E-state index contributed by atoms with van der Waals surface area (Å²) in [6.45, 7) is 0. The van der Waals surface area contributed by atoms with Crippen LogP contribution in [0.2, 0.25) is 0 Å². The van der Waals surface area contributed by atoms with E-state index in [0.717, 1.165) is 66.5 Å². The van der Waals surface area contributed by atoms with Crippen LogP contribution in [0.15, 0.2) is 243 Å². The molecular formula is C61H40N4. The van der Waals surface area contributed by atoms with E-state index in [1.54, 1.807) is 0 Å². The van der Waals surface area contributed by atoms with Crippen LogP contribution in [0.5, 0.6) is 0 Å². The number of hydrogen-bond acceptors (Lipinski definition) is 3. The number of hydrogen-bond donors (Lipinski definition) is 0. The Labute approximate surface area is 377 Å². The maximum atomic E-state index is 5.29. The summed E-state index contributed by atoms with van der Waals surface area (Å²) in [5.74, 6) is 1.87. The van der Waals surface area contributed by atoms with Crippen LogP contribution in [0.3, 0.4) is 0 Å². The van der Waals surface area contributed by atoms with Crippen molar-refractivity contribution in [1.29, 1.82) is 0 Å². The van der Waals surface area contributed by atoms with E-state index in [1.807, 2.05) is 12.1 Å². The number of para-hydroxylation sites is 3. The summed E-state index contributed by atoms with van der Waals surface area (Å²) in [5, 5.41) is 4.71. The Morgan fingerprint density at radius 1 is 0.215 bits per heavy atom. The molecule has 65 heavy (non-hydrogen) atoms. The van der Waals surface area contributed by atoms with Crippen LogP contribution in [0.25, 0.3) is 117 Å². The molecule has 12 rings (SSSR count). The van der Waals surface area contributed by atoms with Crippen molar-refractivity contribution in [3.05, 3.63) is 243 Å². The van der Waals surface area contributed by atoms with Gasteiger partial charge in [-0.15, -0.1) is 0 Å². The molecule has 0 aliphatic heterocycles. The third-order valence-electron chi connectivity index (χ3n) is 12.5. The van der Waals surface area contributed by atoms with Gasteiger partial charge < -0.3 is 4.57 Å². The monoisotopic (exact) mass is 828 g/mol. The van der Waals surface area contributed by atoms with Crippen LogP contribution in [-0.2, 0) is 0 Å². The van der Waals surface area contributed by atoms with E-state index in [4.69, 9.17) is 15.0 Å². The average molecular weight is 829 g/mol. The number of rotatable bonds is 8. The van der Waals surface area contributed by atoms with Crippen LogP contribution in [0, 0.1) is 0 Å². The number of benzene rings is 10. The fourth-order valence-corrected chi connectivity index (χ4v) is 9.41. The van der Waals surface area contributed by atoms with Crippen LogP contribution in [-0.4, -0.2) is 19.5 Å². The quantitative estimate of drug-likeness (QED) is 0.153. The predicted octanol–water partition coefficient (Wildman–Crippen LogP) is 15.8. The van der Waals surface area contributed by atoms with Gasteiger partial charge in [-0.25, -0.2) is 15.0 Å². The summed E-state index contributed by atoms with van der Waals surface area (Å²) in [6, 6.07) is 85.8. The van der Waals surface area contributed by atoms with Gasteiger partial charge in [-0.3, -0.25) is 0 Å². The van der Waals surface area contributed by atoms with Crippen molar-refractivity contribution in [1.82, 2.24) is 19.5 Å². The number of nitrogens with zero attached hydrogens (tertiary/aromatic N) is 4. The second-order valence-corrected chi connectivity index (χ2v) is 16.3. The fraction of sp³-hybridized carbons (Fsp3) is 0. The molecule has 4 nitrogen and oxygen atoms in total. The van der Waals surface area contributed by atoms with E-state index >= 15 is 0 Å². The van der Waals surface area contributed by atoms with Crippen LogP contribution >= 0.6 is 0 Å². The van der Waals surface area contributed by atoms with Gasteiger partial charge in [-0.1, -0.05) is 218 Å². The molecule has 304 valence electrons. The van der Waals surface area contributed by atoms with E-state index in [-0.39, 0.29) is 0 Å². The molecular weight excluding hydrogens is 789 g/mol. The van der Waals surface area contributed by atoms with Crippen molar-refractivity contribution in [3.8, 4) is 84.4 Å². The third-order valence-corrected chi connectivity index (χ3v) is 12.5. The summed E-state index contributed by atoms with van der Waals surface area (Å²) in [4.78, 5) is 15.7. The Kier molecular flexibility index (Phi) is 9.46. The normalized spacial score (nSPS) is 11.4. The molecule has 0 radical (unpaired) electrons. The zero-order chi connectivity index (χ0) is 43.1. The van der Waals surface area contributed by atoms with Gasteiger partial charge in [0.05, 0.1) is 16.7 Å². The van der Waals surface area contributed by atoms with Crippen molar-refractivity contribution >= 4 is 32.6 Å². The summed E-state index contributed by atoms with van der Waals surface area (Å²) in [7, 11) is 0. The maximum Gasteiger partial charge on any atom is 0.164 e. The molecule has 0 unspecified atom stereocenters. The van der Waals surface area contributed by atoms with Gasteiger partial charge in [-0.2, -0.15) is 0 Å². The summed E-state index contributed by atoms with van der Waals surface area (Å²) in [5.41, 5.74) is 15.5. The Bertz CT molecular complexity index is 3630. The summed E-state index contributed by atoms with van der Waals surface area (Å²) >= 11 is 0. The highest BCUT2D eigenvalue weighted by molar-refractivity contribution is 6.10. The molecule has 0 saturated carbocycles. The number of fused-ring (bicyclic) bond motifs is 4. The molecule has 10 aromatic carbocycles. The zero-order valence-corrected chi connectivity index (χ0v) is 35.4. The lowest BCUT2D eigenvalue weighted by atomic mass is 9.93. The highest BCUT2D eigenvalue weighted by Crippen LogP contribution is 2.40. The SMILES string of the molecule is c1ccc(-c2ccc(-c3nc(-c4ccccc4-c4ccccc4)nc(-c4ccc(-c5ccc(-c6ccccc6-n6c7ccccc7c7ccccc76)cc5)c5ccccc45)n3)cc2)cc1. The number of aromatic nitrogens is 4. The Morgan fingerprint density at radius 3 is 1.25 bits per heavy atom. The highest BCUT2D eigenvalue weighted by atomic mass is 15.0. The fourth-order valence-electron chi connectivity index (χ4n) is 9.41. The second-order valence-electron chi connectivity index (χ2n) is 16.3. The molecule has 0 fully saturated rings. The highest BCUT2D eigenvalue weighted by Gasteiger charge is 2.19. The molecule has 0 aliphatic rings. The summed E-state index contributed by atoms with van der Waals surface area (Å²) < 4.78 is 2.40. The molecule has 0 amide bonds. The van der Waals surface area contributed by atoms with Crippen LogP contribution < -0.4 is 0 Å². The van der Waals surface area contributed by atoms with Crippen LogP contribution in [0.4, 0.5) is 0 Å². The zero-order valence-electron chi connectivity index (χ0n) is 35.4. The lowest BCUT2D eigenvalue weighted by Crippen LogP contribution is -2.01. The lowest BCUT2D eigenvalue weighted by molar-refractivity contribution is 1.08. The van der Waals surface area contributed by atoms with Gasteiger partial charge in [0, 0.05) is 33.0 Å². The first-order valence-corrected chi connectivity index (χ1v) is 22.0. The minimum absolute atomic E-state index is 0.623. The van der Waals surface area contributed by atoms with Gasteiger partial charge in [0.2, 0.25) is 0 Å². The van der Waals surface area contributed by atoms with Crippen molar-refractivity contribution in [2.45, 2.75) is 0 Å². The smallest absolute Gasteiger partial charge is 0.164 e. The molecule has 12 aromatic rings. The molecule has 0 saturated heterocycles. The Hall–Kier alpha value is -8.73. The third kappa shape index (κ3) is 6.85.